The minimum absolute atomic E-state index is 0.0366. The van der Waals surface area contributed by atoms with E-state index in [-0.39, 0.29) is 4.90 Å². The topological polar surface area (TPSA) is 151 Å². The van der Waals surface area contributed by atoms with E-state index in [1.165, 1.54) is 12.1 Å². The molecule has 1 fully saturated rings. The maximum absolute atomic E-state index is 11.3. The van der Waals surface area contributed by atoms with Gasteiger partial charge in [-0.05, 0) is 37.1 Å². The van der Waals surface area contributed by atoms with Crippen LogP contribution >= 0.6 is 0 Å². The summed E-state index contributed by atoms with van der Waals surface area (Å²) in [7, 11) is -3.73. The number of hydrogen-bond donors (Lipinski definition) is 4. The van der Waals surface area contributed by atoms with Gasteiger partial charge in [-0.25, -0.2) is 18.5 Å². The van der Waals surface area contributed by atoms with Crippen molar-refractivity contribution < 1.29 is 13.4 Å². The number of nitrogens with two attached hydrogens (primary N) is 1. The van der Waals surface area contributed by atoms with Crippen LogP contribution < -0.4 is 20.8 Å². The normalized spacial score (nSPS) is 14.2. The highest BCUT2D eigenvalue weighted by Crippen LogP contribution is 2.29. The second kappa shape index (κ2) is 5.98. The summed E-state index contributed by atoms with van der Waals surface area (Å²) in [5.74, 6) is 1.18. The largest absolute Gasteiger partial charge is 0.351 e. The number of nitriles is 1. The molecule has 1 saturated carbocycles. The molecule has 0 atom stereocenters. The van der Waals surface area contributed by atoms with Crippen LogP contribution in [0.5, 0.6) is 0 Å². The number of benzene rings is 1. The van der Waals surface area contributed by atoms with Gasteiger partial charge in [-0.15, -0.1) is 0 Å². The van der Waals surface area contributed by atoms with E-state index in [1.807, 2.05) is 0 Å². The van der Waals surface area contributed by atoms with Crippen molar-refractivity contribution in [3.63, 3.8) is 0 Å². The smallest absolute Gasteiger partial charge is 0.334 e. The SMILES string of the molecule is N#Cc1c[nH]c2nc(Nc3ccc(S(N)(=O)=O)cc3)[nH+]c(NC3CC3)c12. The molecule has 0 unspecified atom stereocenters. The fraction of sp³-hybridized carbons (Fsp3) is 0.188. The van der Waals surface area contributed by atoms with Crippen molar-refractivity contribution in [1.82, 2.24) is 9.97 Å². The highest BCUT2D eigenvalue weighted by atomic mass is 32.2. The number of sulfonamides is 1. The molecule has 0 radical (unpaired) electrons. The monoisotopic (exact) mass is 370 g/mol. The van der Waals surface area contributed by atoms with Crippen molar-refractivity contribution in [2.45, 2.75) is 23.8 Å². The van der Waals surface area contributed by atoms with E-state index < -0.39 is 10.0 Å². The number of nitrogens with zero attached hydrogens (tertiary/aromatic N) is 2. The van der Waals surface area contributed by atoms with Gasteiger partial charge < -0.3 is 10.3 Å². The fourth-order valence-corrected chi connectivity index (χ4v) is 3.14. The van der Waals surface area contributed by atoms with Crippen LogP contribution in [-0.2, 0) is 10.0 Å². The minimum Gasteiger partial charge on any atom is -0.334 e. The van der Waals surface area contributed by atoms with Gasteiger partial charge in [-0.1, -0.05) is 4.98 Å². The molecule has 0 spiro atoms. The molecule has 2 aromatic heterocycles. The molecule has 3 aromatic rings. The molecule has 4 rings (SSSR count). The third-order valence-electron chi connectivity index (χ3n) is 4.07. The number of nitrogens with one attached hydrogen (secondary N) is 4. The van der Waals surface area contributed by atoms with Crippen LogP contribution in [0.3, 0.4) is 0 Å². The molecule has 10 heteroatoms. The Kier molecular flexibility index (Phi) is 3.75. The standard InChI is InChI=1S/C16H15N7O2S/c17-7-9-8-19-14-13(9)15(20-10-1-2-10)23-16(22-14)21-11-3-5-12(6-4-11)26(18,24)25/h3-6,8,10H,1-2H2,(H2,18,24,25)(H3,19,20,21,22,23)/p+1. The van der Waals surface area contributed by atoms with E-state index in [0.29, 0.717) is 28.9 Å². The second-order valence-electron chi connectivity index (χ2n) is 6.11. The lowest BCUT2D eigenvalue weighted by atomic mass is 10.2. The summed E-state index contributed by atoms with van der Waals surface area (Å²) in [4.78, 5) is 10.6. The number of rotatable bonds is 5. The predicted molar refractivity (Wildman–Crippen MR) is 95.1 cm³/mol. The summed E-state index contributed by atoms with van der Waals surface area (Å²) in [5.41, 5.74) is 1.73. The molecular formula is C16H16N7O2S+. The van der Waals surface area contributed by atoms with Crippen LogP contribution in [0.1, 0.15) is 18.4 Å². The second-order valence-corrected chi connectivity index (χ2v) is 7.67. The molecule has 0 amide bonds. The molecule has 1 aliphatic carbocycles. The lowest BCUT2D eigenvalue weighted by Crippen LogP contribution is -2.20. The lowest BCUT2D eigenvalue weighted by molar-refractivity contribution is -0.345. The van der Waals surface area contributed by atoms with E-state index >= 15 is 0 Å². The molecule has 1 aliphatic rings. The number of hydrogen-bond acceptors (Lipinski definition) is 6. The van der Waals surface area contributed by atoms with Crippen molar-refractivity contribution >= 4 is 38.5 Å². The zero-order chi connectivity index (χ0) is 18.3. The average molecular weight is 370 g/mol. The highest BCUT2D eigenvalue weighted by molar-refractivity contribution is 7.89. The van der Waals surface area contributed by atoms with Crippen LogP contribution in [-0.4, -0.2) is 24.4 Å². The fourth-order valence-electron chi connectivity index (χ4n) is 2.63. The van der Waals surface area contributed by atoms with Gasteiger partial charge in [0.25, 0.3) is 0 Å². The number of H-pyrrole nitrogens is 2. The molecule has 0 saturated heterocycles. The van der Waals surface area contributed by atoms with Crippen LogP contribution in [0.25, 0.3) is 11.0 Å². The molecule has 6 N–H and O–H groups in total. The van der Waals surface area contributed by atoms with Crippen LogP contribution in [0, 0.1) is 11.3 Å². The predicted octanol–water partition coefficient (Wildman–Crippen LogP) is 1.21. The lowest BCUT2D eigenvalue weighted by Gasteiger charge is -2.05. The van der Waals surface area contributed by atoms with E-state index in [2.05, 4.69) is 31.7 Å². The van der Waals surface area contributed by atoms with Gasteiger partial charge in [0.2, 0.25) is 21.5 Å². The van der Waals surface area contributed by atoms with E-state index in [0.717, 1.165) is 24.0 Å². The summed E-state index contributed by atoms with van der Waals surface area (Å²) < 4.78 is 22.7. The van der Waals surface area contributed by atoms with Crippen molar-refractivity contribution in [3.8, 4) is 6.07 Å². The Bertz CT molecular complexity index is 1130. The molecule has 1 aromatic carbocycles. The summed E-state index contributed by atoms with van der Waals surface area (Å²) in [6.07, 6.45) is 3.79. The molecular weight excluding hydrogens is 354 g/mol. The molecule has 0 bridgehead atoms. The first-order chi connectivity index (χ1) is 12.4. The van der Waals surface area contributed by atoms with Gasteiger partial charge in [-0.2, -0.15) is 5.26 Å². The Labute approximate surface area is 149 Å². The zero-order valence-electron chi connectivity index (χ0n) is 13.6. The molecule has 9 nitrogen and oxygen atoms in total. The van der Waals surface area contributed by atoms with Crippen molar-refractivity contribution in [2.24, 2.45) is 5.14 Å². The molecule has 2 heterocycles. The first kappa shape index (κ1) is 16.3. The number of anilines is 3. The van der Waals surface area contributed by atoms with Gasteiger partial charge in [0.1, 0.15) is 11.5 Å². The first-order valence-corrected chi connectivity index (χ1v) is 9.49. The first-order valence-electron chi connectivity index (χ1n) is 7.95. The van der Waals surface area contributed by atoms with Crippen molar-refractivity contribution in [1.29, 1.82) is 5.26 Å². The Morgan fingerprint density at radius 1 is 1.31 bits per heavy atom. The molecule has 0 aliphatic heterocycles. The van der Waals surface area contributed by atoms with Gasteiger partial charge in [0.15, 0.2) is 0 Å². The summed E-state index contributed by atoms with van der Waals surface area (Å²) in [6.45, 7) is 0. The maximum Gasteiger partial charge on any atom is 0.351 e. The Balaban J connectivity index is 1.69. The molecule has 132 valence electrons. The Morgan fingerprint density at radius 2 is 2.04 bits per heavy atom. The van der Waals surface area contributed by atoms with Gasteiger partial charge in [0.05, 0.1) is 22.2 Å². The van der Waals surface area contributed by atoms with E-state index in [9.17, 15) is 13.7 Å². The average Bonchev–Trinajstić information content (AvgIpc) is 3.31. The van der Waals surface area contributed by atoms with Crippen molar-refractivity contribution in [3.05, 3.63) is 36.0 Å². The van der Waals surface area contributed by atoms with Crippen LogP contribution in [0.4, 0.5) is 17.5 Å². The number of fused-ring (bicyclic) bond motifs is 1. The minimum atomic E-state index is -3.73. The molecule has 26 heavy (non-hydrogen) atoms. The number of aromatic nitrogens is 3. The third kappa shape index (κ3) is 3.17. The van der Waals surface area contributed by atoms with Gasteiger partial charge in [-0.3, -0.25) is 5.32 Å². The third-order valence-corrected chi connectivity index (χ3v) is 5.00. The van der Waals surface area contributed by atoms with Gasteiger partial charge in [0, 0.05) is 6.20 Å². The number of primary sulfonamides is 1. The van der Waals surface area contributed by atoms with Gasteiger partial charge >= 0.3 is 5.95 Å². The highest BCUT2D eigenvalue weighted by Gasteiger charge is 2.27. The quantitative estimate of drug-likeness (QED) is 0.530. The van der Waals surface area contributed by atoms with Crippen molar-refractivity contribution in [2.75, 3.05) is 10.6 Å². The number of aromatic amines is 2. The van der Waals surface area contributed by atoms with Crippen LogP contribution in [0.2, 0.25) is 0 Å². The van der Waals surface area contributed by atoms with E-state index in [4.69, 9.17) is 5.14 Å². The van der Waals surface area contributed by atoms with E-state index in [1.54, 1.807) is 18.3 Å². The Hall–Kier alpha value is -3.16. The zero-order valence-corrected chi connectivity index (χ0v) is 14.4. The maximum atomic E-state index is 11.3. The summed E-state index contributed by atoms with van der Waals surface area (Å²) in [6, 6.07) is 8.58. The Morgan fingerprint density at radius 3 is 2.65 bits per heavy atom. The summed E-state index contributed by atoms with van der Waals surface area (Å²) >= 11 is 0. The van der Waals surface area contributed by atoms with Crippen LogP contribution in [0.15, 0.2) is 35.4 Å². The summed E-state index contributed by atoms with van der Waals surface area (Å²) in [5, 5.41) is 21.6.